The number of hydrogen-bond acceptors (Lipinski definition) is 2. The second-order valence-corrected chi connectivity index (χ2v) is 5.94. The summed E-state index contributed by atoms with van der Waals surface area (Å²) in [5, 5.41) is 11.4. The van der Waals surface area contributed by atoms with Gasteiger partial charge in [-0.15, -0.1) is 0 Å². The van der Waals surface area contributed by atoms with Crippen molar-refractivity contribution >= 4 is 10.9 Å². The molecule has 1 fully saturated rings. The molecule has 1 saturated carbocycles. The molecule has 100 valence electrons. The maximum absolute atomic E-state index is 10.2. The van der Waals surface area contributed by atoms with E-state index in [1.165, 1.54) is 10.9 Å². The van der Waals surface area contributed by atoms with Gasteiger partial charge in [0, 0.05) is 11.6 Å². The Morgan fingerprint density at radius 3 is 2.95 bits per heavy atom. The molecule has 0 amide bonds. The van der Waals surface area contributed by atoms with Crippen LogP contribution in [-0.4, -0.2) is 16.2 Å². The van der Waals surface area contributed by atoms with E-state index < -0.39 is 0 Å². The molecule has 0 spiro atoms. The fourth-order valence-corrected chi connectivity index (χ4v) is 3.32. The van der Waals surface area contributed by atoms with Crippen LogP contribution < -0.4 is 0 Å². The van der Waals surface area contributed by atoms with Crippen LogP contribution in [0, 0.1) is 11.8 Å². The highest BCUT2D eigenvalue weighted by Gasteiger charge is 2.27. The fourth-order valence-electron chi connectivity index (χ4n) is 3.32. The predicted octanol–water partition coefficient (Wildman–Crippen LogP) is 3.57. The number of aromatic nitrogens is 1. The molecule has 1 aliphatic carbocycles. The van der Waals surface area contributed by atoms with Crippen LogP contribution in [0.25, 0.3) is 10.9 Å². The second kappa shape index (κ2) is 5.30. The van der Waals surface area contributed by atoms with Crippen molar-refractivity contribution < 1.29 is 5.11 Å². The van der Waals surface area contributed by atoms with Gasteiger partial charge in [0.05, 0.1) is 11.6 Å². The average Bonchev–Trinajstić information content (AvgIpc) is 2.43. The Balaban J connectivity index is 1.88. The third-order valence-corrected chi connectivity index (χ3v) is 4.43. The zero-order chi connectivity index (χ0) is 13.2. The number of hydrogen-bond donors (Lipinski definition) is 1. The number of fused-ring (bicyclic) bond motifs is 1. The van der Waals surface area contributed by atoms with Crippen LogP contribution in [0.1, 0.15) is 31.7 Å². The molecule has 3 unspecified atom stereocenters. The Hall–Kier alpha value is -1.41. The first kappa shape index (κ1) is 12.6. The van der Waals surface area contributed by atoms with E-state index in [9.17, 15) is 5.11 Å². The summed E-state index contributed by atoms with van der Waals surface area (Å²) < 4.78 is 0. The summed E-state index contributed by atoms with van der Waals surface area (Å²) >= 11 is 0. The summed E-state index contributed by atoms with van der Waals surface area (Å²) in [6.07, 6.45) is 5.97. The first-order chi connectivity index (χ1) is 9.24. The molecule has 2 nitrogen and oxygen atoms in total. The Morgan fingerprint density at radius 2 is 2.05 bits per heavy atom. The maximum Gasteiger partial charge on any atom is 0.0704 e. The quantitative estimate of drug-likeness (QED) is 0.889. The van der Waals surface area contributed by atoms with Gasteiger partial charge in [-0.25, -0.2) is 0 Å². The van der Waals surface area contributed by atoms with Gasteiger partial charge in [0.25, 0.3) is 0 Å². The molecule has 19 heavy (non-hydrogen) atoms. The number of para-hydroxylation sites is 1. The van der Waals surface area contributed by atoms with Gasteiger partial charge in [-0.05, 0) is 55.2 Å². The Bertz CT molecular complexity index is 561. The van der Waals surface area contributed by atoms with Crippen molar-refractivity contribution in [1.82, 2.24) is 4.98 Å². The Labute approximate surface area is 114 Å². The van der Waals surface area contributed by atoms with Gasteiger partial charge in [-0.2, -0.15) is 0 Å². The minimum absolute atomic E-state index is 0.136. The van der Waals surface area contributed by atoms with Gasteiger partial charge in [-0.1, -0.05) is 25.1 Å². The summed E-state index contributed by atoms with van der Waals surface area (Å²) in [6.45, 7) is 2.30. The lowest BCUT2D eigenvalue weighted by atomic mass is 9.77. The molecule has 1 aromatic carbocycles. The first-order valence-electron chi connectivity index (χ1n) is 7.24. The van der Waals surface area contributed by atoms with Gasteiger partial charge in [-0.3, -0.25) is 4.98 Å². The normalized spacial score (nSPS) is 27.6. The minimum atomic E-state index is -0.136. The molecular weight excluding hydrogens is 234 g/mol. The molecule has 1 heterocycles. The highest BCUT2D eigenvalue weighted by atomic mass is 16.3. The van der Waals surface area contributed by atoms with Crippen molar-refractivity contribution in [1.29, 1.82) is 0 Å². The number of rotatable bonds is 2. The van der Waals surface area contributed by atoms with E-state index in [2.05, 4.69) is 36.2 Å². The van der Waals surface area contributed by atoms with Crippen molar-refractivity contribution in [3.63, 3.8) is 0 Å². The van der Waals surface area contributed by atoms with Crippen molar-refractivity contribution in [3.8, 4) is 0 Å². The van der Waals surface area contributed by atoms with Crippen molar-refractivity contribution in [2.45, 2.75) is 38.7 Å². The highest BCUT2D eigenvalue weighted by molar-refractivity contribution is 5.81. The molecule has 0 aliphatic heterocycles. The third kappa shape index (κ3) is 2.64. The SMILES string of the molecule is CC1CCC(O)C(Cc2ccnc3ccccc23)C1. The number of aliphatic hydroxyl groups excluding tert-OH is 1. The van der Waals surface area contributed by atoms with Gasteiger partial charge in [0.15, 0.2) is 0 Å². The number of nitrogens with zero attached hydrogens (tertiary/aromatic N) is 1. The van der Waals surface area contributed by atoms with E-state index in [0.717, 1.165) is 37.1 Å². The van der Waals surface area contributed by atoms with Gasteiger partial charge >= 0.3 is 0 Å². The summed E-state index contributed by atoms with van der Waals surface area (Å²) in [6, 6.07) is 10.4. The van der Waals surface area contributed by atoms with Crippen LogP contribution in [0.15, 0.2) is 36.5 Å². The van der Waals surface area contributed by atoms with Crippen LogP contribution >= 0.6 is 0 Å². The van der Waals surface area contributed by atoms with Gasteiger partial charge in [0.2, 0.25) is 0 Å². The van der Waals surface area contributed by atoms with E-state index in [1.54, 1.807) is 0 Å². The summed E-state index contributed by atoms with van der Waals surface area (Å²) in [5.74, 6) is 1.14. The Morgan fingerprint density at radius 1 is 1.21 bits per heavy atom. The van der Waals surface area contributed by atoms with E-state index in [4.69, 9.17) is 0 Å². The zero-order valence-corrected chi connectivity index (χ0v) is 11.4. The standard InChI is InChI=1S/C17H21NO/c1-12-6-7-17(19)14(10-12)11-13-8-9-18-16-5-3-2-4-15(13)16/h2-5,8-9,12,14,17,19H,6-7,10-11H2,1H3. The average molecular weight is 255 g/mol. The maximum atomic E-state index is 10.2. The van der Waals surface area contributed by atoms with Crippen LogP contribution in [0.4, 0.5) is 0 Å². The zero-order valence-electron chi connectivity index (χ0n) is 11.4. The second-order valence-electron chi connectivity index (χ2n) is 5.94. The van der Waals surface area contributed by atoms with Crippen molar-refractivity contribution in [2.75, 3.05) is 0 Å². The van der Waals surface area contributed by atoms with E-state index in [-0.39, 0.29) is 6.10 Å². The molecule has 1 N–H and O–H groups in total. The first-order valence-corrected chi connectivity index (χ1v) is 7.24. The summed E-state index contributed by atoms with van der Waals surface area (Å²) in [5.41, 5.74) is 2.38. The van der Waals surface area contributed by atoms with Gasteiger partial charge in [0.1, 0.15) is 0 Å². The molecule has 2 heteroatoms. The molecule has 2 aromatic rings. The lowest BCUT2D eigenvalue weighted by molar-refractivity contribution is 0.0521. The number of benzene rings is 1. The minimum Gasteiger partial charge on any atom is -0.393 e. The fraction of sp³-hybridized carbons (Fsp3) is 0.471. The highest BCUT2D eigenvalue weighted by Crippen LogP contribution is 2.32. The molecule has 1 aromatic heterocycles. The van der Waals surface area contributed by atoms with E-state index >= 15 is 0 Å². The third-order valence-electron chi connectivity index (χ3n) is 4.43. The lowest BCUT2D eigenvalue weighted by Crippen LogP contribution is -2.29. The number of pyridine rings is 1. The molecular formula is C17H21NO. The molecule has 0 radical (unpaired) electrons. The summed E-state index contributed by atoms with van der Waals surface area (Å²) in [4.78, 5) is 4.41. The van der Waals surface area contributed by atoms with Crippen molar-refractivity contribution in [2.24, 2.45) is 11.8 Å². The molecule has 0 bridgehead atoms. The largest absolute Gasteiger partial charge is 0.393 e. The van der Waals surface area contributed by atoms with E-state index in [0.29, 0.717) is 5.92 Å². The van der Waals surface area contributed by atoms with Crippen LogP contribution in [0.5, 0.6) is 0 Å². The molecule has 1 aliphatic rings. The predicted molar refractivity (Wildman–Crippen MR) is 78.0 cm³/mol. The van der Waals surface area contributed by atoms with Gasteiger partial charge < -0.3 is 5.11 Å². The molecule has 0 saturated heterocycles. The van der Waals surface area contributed by atoms with Crippen LogP contribution in [-0.2, 0) is 6.42 Å². The molecule has 3 rings (SSSR count). The smallest absolute Gasteiger partial charge is 0.0704 e. The topological polar surface area (TPSA) is 33.1 Å². The van der Waals surface area contributed by atoms with Crippen molar-refractivity contribution in [3.05, 3.63) is 42.1 Å². The monoisotopic (exact) mass is 255 g/mol. The Kier molecular flexibility index (Phi) is 3.52. The number of aliphatic hydroxyl groups is 1. The molecule has 3 atom stereocenters. The van der Waals surface area contributed by atoms with Crippen LogP contribution in [0.2, 0.25) is 0 Å². The summed E-state index contributed by atoms with van der Waals surface area (Å²) in [7, 11) is 0. The van der Waals surface area contributed by atoms with E-state index in [1.807, 2.05) is 12.3 Å². The van der Waals surface area contributed by atoms with Crippen LogP contribution in [0.3, 0.4) is 0 Å². The lowest BCUT2D eigenvalue weighted by Gasteiger charge is -2.31.